The minimum Gasteiger partial charge on any atom is -0.354 e. The molecule has 0 saturated carbocycles. The van der Waals surface area contributed by atoms with Crippen molar-refractivity contribution in [3.8, 4) is 17.5 Å². The number of piperazine rings is 1. The van der Waals surface area contributed by atoms with E-state index in [1.807, 2.05) is 18.2 Å². The van der Waals surface area contributed by atoms with Gasteiger partial charge in [-0.1, -0.05) is 12.1 Å². The van der Waals surface area contributed by atoms with E-state index >= 15 is 0 Å². The van der Waals surface area contributed by atoms with Gasteiger partial charge in [-0.25, -0.2) is 0 Å². The van der Waals surface area contributed by atoms with Crippen LogP contribution in [0.25, 0.3) is 33.2 Å². The normalized spacial score (nSPS) is 15.0. The molecule has 1 aliphatic heterocycles. The molecule has 7 nitrogen and oxygen atoms in total. The Hall–Kier alpha value is -3.63. The number of nitrogens with zero attached hydrogens (tertiary/aromatic N) is 3. The van der Waals surface area contributed by atoms with Crippen molar-refractivity contribution in [1.29, 1.82) is 5.26 Å². The molecule has 0 radical (unpaired) electrons. The first-order chi connectivity index (χ1) is 13.7. The molecule has 138 valence electrons. The molecule has 1 amide bonds. The minimum absolute atomic E-state index is 0.0768. The molecule has 0 unspecified atom stereocenters. The first kappa shape index (κ1) is 16.5. The quantitative estimate of drug-likeness (QED) is 0.516. The maximum atomic E-state index is 11.7. The third-order valence-electron chi connectivity index (χ3n) is 5.21. The minimum atomic E-state index is 0.0768. The molecule has 1 fully saturated rings. The summed E-state index contributed by atoms with van der Waals surface area (Å²) in [6.07, 6.45) is 0. The van der Waals surface area contributed by atoms with Crippen LogP contribution in [0.15, 0.2) is 42.5 Å². The van der Waals surface area contributed by atoms with Gasteiger partial charge in [-0.3, -0.25) is 14.8 Å². The highest BCUT2D eigenvalue weighted by molar-refractivity contribution is 5.96. The van der Waals surface area contributed by atoms with Gasteiger partial charge in [0.2, 0.25) is 5.91 Å². The number of H-pyrrole nitrogens is 2. The standard InChI is InChI=1S/C21H18N6O/c22-10-13-4-5-15-18(8-13)25-26-21(15)19-9-16-14(2-1-3-17(16)24-19)11-27-7-6-23-20(28)12-27/h1-5,8-9,24H,6-7,11-12H2,(H,23,28)(H,25,26). The number of nitrogens with one attached hydrogen (secondary N) is 3. The van der Waals surface area contributed by atoms with Gasteiger partial charge in [-0.15, -0.1) is 0 Å². The highest BCUT2D eigenvalue weighted by atomic mass is 16.2. The highest BCUT2D eigenvalue weighted by Crippen LogP contribution is 2.30. The van der Waals surface area contributed by atoms with Crippen molar-refractivity contribution in [3.63, 3.8) is 0 Å². The van der Waals surface area contributed by atoms with Crippen molar-refractivity contribution >= 4 is 27.7 Å². The van der Waals surface area contributed by atoms with Gasteiger partial charge in [0.1, 0.15) is 5.69 Å². The van der Waals surface area contributed by atoms with Crippen LogP contribution in [0.2, 0.25) is 0 Å². The predicted molar refractivity (Wildman–Crippen MR) is 106 cm³/mol. The number of carbonyl (C=O) groups excluding carboxylic acids is 1. The molecule has 0 spiro atoms. The second-order valence-electron chi connectivity index (χ2n) is 7.07. The van der Waals surface area contributed by atoms with Crippen molar-refractivity contribution in [2.24, 2.45) is 0 Å². The Labute approximate surface area is 161 Å². The number of carbonyl (C=O) groups is 1. The fraction of sp³-hybridized carbons (Fsp3) is 0.190. The summed E-state index contributed by atoms with van der Waals surface area (Å²) in [7, 11) is 0. The van der Waals surface area contributed by atoms with Crippen molar-refractivity contribution in [3.05, 3.63) is 53.6 Å². The largest absolute Gasteiger partial charge is 0.354 e. The summed E-state index contributed by atoms with van der Waals surface area (Å²) < 4.78 is 0. The molecule has 5 rings (SSSR count). The third kappa shape index (κ3) is 2.80. The number of amides is 1. The van der Waals surface area contributed by atoms with Gasteiger partial charge in [0.15, 0.2) is 0 Å². The van der Waals surface area contributed by atoms with Crippen LogP contribution in [0.1, 0.15) is 11.1 Å². The fourth-order valence-corrected chi connectivity index (χ4v) is 3.85. The molecular weight excluding hydrogens is 352 g/mol. The zero-order valence-corrected chi connectivity index (χ0v) is 15.1. The number of fused-ring (bicyclic) bond motifs is 2. The Balaban J connectivity index is 1.54. The third-order valence-corrected chi connectivity index (χ3v) is 5.21. The van der Waals surface area contributed by atoms with E-state index in [1.54, 1.807) is 12.1 Å². The molecule has 7 heteroatoms. The Kier molecular flexibility index (Phi) is 3.85. The topological polar surface area (TPSA) is 101 Å². The first-order valence-electron chi connectivity index (χ1n) is 9.19. The maximum absolute atomic E-state index is 11.7. The molecule has 3 heterocycles. The molecule has 4 aromatic rings. The molecule has 2 aromatic carbocycles. The summed E-state index contributed by atoms with van der Waals surface area (Å²) >= 11 is 0. The lowest BCUT2D eigenvalue weighted by atomic mass is 10.1. The van der Waals surface area contributed by atoms with Crippen LogP contribution in [0.3, 0.4) is 0 Å². The summed E-state index contributed by atoms with van der Waals surface area (Å²) in [4.78, 5) is 17.3. The molecule has 0 aliphatic carbocycles. The molecular formula is C21H18N6O. The van der Waals surface area contributed by atoms with Crippen LogP contribution in [-0.4, -0.2) is 45.6 Å². The molecule has 0 bridgehead atoms. The van der Waals surface area contributed by atoms with E-state index in [4.69, 9.17) is 5.26 Å². The summed E-state index contributed by atoms with van der Waals surface area (Å²) in [6, 6.07) is 16.0. The van der Waals surface area contributed by atoms with Crippen molar-refractivity contribution in [2.45, 2.75) is 6.54 Å². The average Bonchev–Trinajstić information content (AvgIpc) is 3.31. The average molecular weight is 370 g/mol. The molecule has 28 heavy (non-hydrogen) atoms. The summed E-state index contributed by atoms with van der Waals surface area (Å²) in [5.74, 6) is 0.0768. The van der Waals surface area contributed by atoms with Gasteiger partial charge in [-0.2, -0.15) is 10.4 Å². The number of aromatic nitrogens is 3. The Morgan fingerprint density at radius 1 is 1.14 bits per heavy atom. The van der Waals surface area contributed by atoms with E-state index in [0.717, 1.165) is 46.3 Å². The van der Waals surface area contributed by atoms with Crippen LogP contribution < -0.4 is 5.32 Å². The summed E-state index contributed by atoms with van der Waals surface area (Å²) in [6.45, 7) is 2.70. The van der Waals surface area contributed by atoms with Crippen LogP contribution in [0, 0.1) is 11.3 Å². The van der Waals surface area contributed by atoms with Gasteiger partial charge in [0, 0.05) is 35.9 Å². The van der Waals surface area contributed by atoms with Crippen molar-refractivity contribution < 1.29 is 4.79 Å². The zero-order chi connectivity index (χ0) is 19.1. The maximum Gasteiger partial charge on any atom is 0.234 e. The van der Waals surface area contributed by atoms with Crippen LogP contribution in [-0.2, 0) is 11.3 Å². The number of hydrogen-bond acceptors (Lipinski definition) is 4. The number of nitriles is 1. The molecule has 0 atom stereocenters. The van der Waals surface area contributed by atoms with Gasteiger partial charge in [0.25, 0.3) is 0 Å². The fourth-order valence-electron chi connectivity index (χ4n) is 3.85. The second kappa shape index (κ2) is 6.51. The number of hydrogen-bond donors (Lipinski definition) is 3. The lowest BCUT2D eigenvalue weighted by Gasteiger charge is -2.26. The van der Waals surface area contributed by atoms with Crippen molar-refractivity contribution in [2.75, 3.05) is 19.6 Å². The first-order valence-corrected chi connectivity index (χ1v) is 9.19. The lowest BCUT2D eigenvalue weighted by Crippen LogP contribution is -2.47. The van der Waals surface area contributed by atoms with Crippen LogP contribution in [0.5, 0.6) is 0 Å². The van der Waals surface area contributed by atoms with Crippen LogP contribution in [0.4, 0.5) is 0 Å². The van der Waals surface area contributed by atoms with E-state index in [9.17, 15) is 4.79 Å². The van der Waals surface area contributed by atoms with E-state index in [0.29, 0.717) is 18.7 Å². The number of benzene rings is 2. The number of rotatable bonds is 3. The SMILES string of the molecule is N#Cc1ccc2c(-c3cc4c(CN5CCNC(=O)C5)cccc4[nH]3)n[nH]c2c1. The molecule has 2 aromatic heterocycles. The second-order valence-corrected chi connectivity index (χ2v) is 7.07. The van der Waals surface area contributed by atoms with Crippen LogP contribution >= 0.6 is 0 Å². The molecule has 3 N–H and O–H groups in total. The number of aromatic amines is 2. The van der Waals surface area contributed by atoms with Gasteiger partial charge in [-0.05, 0) is 35.9 Å². The van der Waals surface area contributed by atoms with Gasteiger partial charge >= 0.3 is 0 Å². The smallest absolute Gasteiger partial charge is 0.234 e. The van der Waals surface area contributed by atoms with E-state index in [-0.39, 0.29) is 5.91 Å². The predicted octanol–water partition coefficient (Wildman–Crippen LogP) is 2.51. The van der Waals surface area contributed by atoms with Gasteiger partial charge < -0.3 is 10.3 Å². The lowest BCUT2D eigenvalue weighted by molar-refractivity contribution is -0.124. The summed E-state index contributed by atoms with van der Waals surface area (Å²) in [5, 5.41) is 21.5. The summed E-state index contributed by atoms with van der Waals surface area (Å²) in [5.41, 5.74) is 5.42. The Bertz CT molecular complexity index is 1240. The monoisotopic (exact) mass is 370 g/mol. The van der Waals surface area contributed by atoms with E-state index < -0.39 is 0 Å². The Morgan fingerprint density at radius 2 is 2.07 bits per heavy atom. The Morgan fingerprint density at radius 3 is 2.93 bits per heavy atom. The van der Waals surface area contributed by atoms with Crippen molar-refractivity contribution in [1.82, 2.24) is 25.4 Å². The van der Waals surface area contributed by atoms with E-state index in [1.165, 1.54) is 5.56 Å². The molecule has 1 aliphatic rings. The molecule has 1 saturated heterocycles. The van der Waals surface area contributed by atoms with Gasteiger partial charge in [0.05, 0.1) is 29.4 Å². The van der Waals surface area contributed by atoms with E-state index in [2.05, 4.69) is 43.6 Å². The highest BCUT2D eigenvalue weighted by Gasteiger charge is 2.18. The zero-order valence-electron chi connectivity index (χ0n) is 15.1.